The first-order valence-electron chi connectivity index (χ1n) is 3.80. The van der Waals surface area contributed by atoms with Gasteiger partial charge in [-0.3, -0.25) is 0 Å². The Labute approximate surface area is 85.6 Å². The van der Waals surface area contributed by atoms with Gasteiger partial charge in [-0.2, -0.15) is 13.7 Å². The van der Waals surface area contributed by atoms with Gasteiger partial charge < -0.3 is 0 Å². The van der Waals surface area contributed by atoms with Crippen LogP contribution in [0.15, 0.2) is 24.3 Å². The lowest BCUT2D eigenvalue weighted by Gasteiger charge is -2.11. The van der Waals surface area contributed by atoms with Crippen molar-refractivity contribution in [1.29, 1.82) is 5.26 Å². The Morgan fingerprint density at radius 3 is 2.73 bits per heavy atom. The molecule has 0 bridgehead atoms. The van der Waals surface area contributed by atoms with E-state index in [2.05, 4.69) is 8.57 Å². The van der Waals surface area contributed by atoms with Crippen LogP contribution in [0.5, 0.6) is 0 Å². The minimum absolute atomic E-state index is 0.251. The van der Waals surface area contributed by atoms with E-state index in [4.69, 9.17) is 5.26 Å². The summed E-state index contributed by atoms with van der Waals surface area (Å²) in [5.41, 5.74) is 2.52. The molecule has 1 N–H and O–H groups in total. The monoisotopic (exact) mass is 227 g/mol. The zero-order chi connectivity index (χ0) is 10.9. The molecule has 1 heterocycles. The Morgan fingerprint density at radius 2 is 2.13 bits per heavy atom. The molecule has 0 amide bonds. The van der Waals surface area contributed by atoms with Gasteiger partial charge in [-0.15, -0.1) is 13.7 Å². The third-order valence-corrected chi connectivity index (χ3v) is 2.24. The van der Waals surface area contributed by atoms with Crippen molar-refractivity contribution in [3.63, 3.8) is 0 Å². The Morgan fingerprint density at radius 1 is 1.40 bits per heavy atom. The van der Waals surface area contributed by atoms with Gasteiger partial charge in [-0.05, 0) is 12.1 Å². The Balaban J connectivity index is 2.36. The molecule has 0 aliphatic carbocycles. The van der Waals surface area contributed by atoms with Crippen molar-refractivity contribution in [3.05, 3.63) is 29.8 Å². The smallest absolute Gasteiger partial charge is 0.192 e. The molecule has 0 saturated carbocycles. The maximum atomic E-state index is 10.8. The second kappa shape index (κ2) is 3.48. The number of benzene rings is 1. The van der Waals surface area contributed by atoms with E-state index in [0.717, 1.165) is 5.17 Å². The Bertz CT molecular complexity index is 521. The molecule has 15 heavy (non-hydrogen) atoms. The van der Waals surface area contributed by atoms with Crippen LogP contribution in [0.25, 0.3) is 0 Å². The number of nitrogens with one attached hydrogen (secondary N) is 1. The van der Waals surface area contributed by atoms with Crippen LogP contribution in [0.4, 0.5) is 5.69 Å². The van der Waals surface area contributed by atoms with Gasteiger partial charge in [0.1, 0.15) is 11.8 Å². The predicted molar refractivity (Wildman–Crippen MR) is 47.9 cm³/mol. The topological polar surface area (TPSA) is 91.7 Å². The third kappa shape index (κ3) is 1.90. The summed E-state index contributed by atoms with van der Waals surface area (Å²) < 4.78 is 30.1. The Kier molecular flexibility index (Phi) is 2.29. The highest BCUT2D eigenvalue weighted by Gasteiger charge is 2.30. The molecule has 0 atom stereocenters. The van der Waals surface area contributed by atoms with E-state index < -0.39 is 10.4 Å². The maximum Gasteiger partial charge on any atom is 0.440 e. The average molecular weight is 227 g/mol. The van der Waals surface area contributed by atoms with E-state index in [0.29, 0.717) is 0 Å². The van der Waals surface area contributed by atoms with Crippen LogP contribution in [-0.2, 0) is 19.0 Å². The molecule has 1 aromatic rings. The fourth-order valence-corrected chi connectivity index (χ4v) is 1.52. The molecule has 1 saturated heterocycles. The first-order chi connectivity index (χ1) is 7.12. The van der Waals surface area contributed by atoms with Crippen LogP contribution in [0.2, 0.25) is 0 Å². The van der Waals surface area contributed by atoms with Gasteiger partial charge in [0.25, 0.3) is 0 Å². The van der Waals surface area contributed by atoms with Gasteiger partial charge in [0.05, 0.1) is 5.56 Å². The highest BCUT2D eigenvalue weighted by molar-refractivity contribution is 7.82. The highest BCUT2D eigenvalue weighted by Crippen LogP contribution is 2.22. The molecule has 78 valence electrons. The summed E-state index contributed by atoms with van der Waals surface area (Å²) in [4.78, 5) is 0. The normalized spacial score (nSPS) is 18.7. The molecule has 0 spiro atoms. The Hall–Kier alpha value is -1.66. The molecular formula is C7H5N3O4S. The third-order valence-electron chi connectivity index (χ3n) is 1.63. The second-order valence-electron chi connectivity index (χ2n) is 2.58. The number of rotatable bonds is 1. The summed E-state index contributed by atoms with van der Waals surface area (Å²) in [6, 6.07) is 8.19. The van der Waals surface area contributed by atoms with Gasteiger partial charge in [0.15, 0.2) is 0 Å². The van der Waals surface area contributed by atoms with Crippen LogP contribution in [0.3, 0.4) is 0 Å². The maximum absolute atomic E-state index is 10.8. The molecule has 1 aliphatic rings. The molecule has 0 radical (unpaired) electrons. The molecular weight excluding hydrogens is 222 g/mol. The van der Waals surface area contributed by atoms with Crippen molar-refractivity contribution in [3.8, 4) is 6.07 Å². The number of hydrazine groups is 1. The molecule has 1 aliphatic heterocycles. The van der Waals surface area contributed by atoms with Crippen molar-refractivity contribution in [1.82, 2.24) is 5.59 Å². The molecule has 1 fully saturated rings. The van der Waals surface area contributed by atoms with Gasteiger partial charge in [0, 0.05) is 0 Å². The molecule has 7 nitrogen and oxygen atoms in total. The first-order valence-corrected chi connectivity index (χ1v) is 5.13. The fraction of sp³-hybridized carbons (Fsp3) is 0. The van der Waals surface area contributed by atoms with E-state index >= 15 is 0 Å². The van der Waals surface area contributed by atoms with Crippen molar-refractivity contribution >= 4 is 16.1 Å². The van der Waals surface area contributed by atoms with Gasteiger partial charge in [-0.1, -0.05) is 17.7 Å². The number of nitriles is 1. The number of nitrogens with zero attached hydrogens (tertiary/aromatic N) is 2. The standard InChI is InChI=1S/C7H5N3O4S/c8-5-6-3-1-2-4-7(6)10-9-13-15(11,12)14-10/h1-4,9H. The summed E-state index contributed by atoms with van der Waals surface area (Å²) in [5, 5.41) is 9.52. The SMILES string of the molecule is N#Cc1ccccc1N1NOS(=O)(=O)O1. The van der Waals surface area contributed by atoms with Crippen LogP contribution in [-0.4, -0.2) is 8.42 Å². The summed E-state index contributed by atoms with van der Waals surface area (Å²) in [5.74, 6) is 0. The van der Waals surface area contributed by atoms with Gasteiger partial charge in [0.2, 0.25) is 0 Å². The van der Waals surface area contributed by atoms with E-state index in [-0.39, 0.29) is 11.3 Å². The van der Waals surface area contributed by atoms with Crippen molar-refractivity contribution < 1.29 is 17.0 Å². The van der Waals surface area contributed by atoms with Gasteiger partial charge >= 0.3 is 10.4 Å². The van der Waals surface area contributed by atoms with Crippen LogP contribution < -0.4 is 10.8 Å². The number of hydrogen-bond donors (Lipinski definition) is 1. The van der Waals surface area contributed by atoms with Crippen molar-refractivity contribution in [2.45, 2.75) is 0 Å². The highest BCUT2D eigenvalue weighted by atomic mass is 32.3. The van der Waals surface area contributed by atoms with E-state index in [9.17, 15) is 8.42 Å². The van der Waals surface area contributed by atoms with E-state index in [1.54, 1.807) is 12.1 Å². The lowest BCUT2D eigenvalue weighted by atomic mass is 10.2. The number of hydrogen-bond acceptors (Lipinski definition) is 7. The summed E-state index contributed by atoms with van der Waals surface area (Å²) in [6.07, 6.45) is 0. The fourth-order valence-electron chi connectivity index (χ4n) is 1.04. The second-order valence-corrected chi connectivity index (χ2v) is 3.71. The lowest BCUT2D eigenvalue weighted by Crippen LogP contribution is -2.28. The van der Waals surface area contributed by atoms with E-state index in [1.165, 1.54) is 12.1 Å². The van der Waals surface area contributed by atoms with Crippen LogP contribution in [0, 0.1) is 11.3 Å². The lowest BCUT2D eigenvalue weighted by molar-refractivity contribution is 0.198. The van der Waals surface area contributed by atoms with Crippen molar-refractivity contribution in [2.75, 3.05) is 5.17 Å². The van der Waals surface area contributed by atoms with Crippen molar-refractivity contribution in [2.24, 2.45) is 0 Å². The molecule has 2 rings (SSSR count). The molecule has 0 unspecified atom stereocenters. The number of anilines is 1. The first kappa shape index (κ1) is 9.88. The number of para-hydroxylation sites is 1. The summed E-state index contributed by atoms with van der Waals surface area (Å²) in [7, 11) is -4.06. The van der Waals surface area contributed by atoms with Crippen LogP contribution >= 0.6 is 0 Å². The quantitative estimate of drug-likeness (QED) is 0.721. The average Bonchev–Trinajstić information content (AvgIpc) is 2.59. The minimum Gasteiger partial charge on any atom is -0.192 e. The zero-order valence-electron chi connectivity index (χ0n) is 7.25. The molecule has 0 aromatic heterocycles. The molecule has 1 aromatic carbocycles. The molecule has 8 heteroatoms. The van der Waals surface area contributed by atoms with Gasteiger partial charge in [-0.25, -0.2) is 0 Å². The minimum atomic E-state index is -4.06. The predicted octanol–water partition coefficient (Wildman–Crippen LogP) is -0.00912. The van der Waals surface area contributed by atoms with E-state index in [1.807, 2.05) is 11.7 Å². The summed E-state index contributed by atoms with van der Waals surface area (Å²) >= 11 is 0. The zero-order valence-corrected chi connectivity index (χ0v) is 8.06. The summed E-state index contributed by atoms with van der Waals surface area (Å²) in [6.45, 7) is 0. The van der Waals surface area contributed by atoms with Crippen LogP contribution in [0.1, 0.15) is 5.56 Å². The largest absolute Gasteiger partial charge is 0.440 e.